The van der Waals surface area contributed by atoms with E-state index in [1.54, 1.807) is 0 Å². The van der Waals surface area contributed by atoms with Crippen LogP contribution in [0.1, 0.15) is 31.2 Å². The smallest absolute Gasteiger partial charge is 0.305 e. The van der Waals surface area contributed by atoms with Crippen LogP contribution in [0.4, 0.5) is 0 Å². The number of hydrogen-bond acceptors (Lipinski definition) is 1. The molecule has 0 aliphatic heterocycles. The Morgan fingerprint density at radius 1 is 1.50 bits per heavy atom. The van der Waals surface area contributed by atoms with E-state index in [-0.39, 0.29) is 6.42 Å². The van der Waals surface area contributed by atoms with Crippen molar-refractivity contribution in [1.29, 1.82) is 0 Å². The molecule has 0 bridgehead atoms. The van der Waals surface area contributed by atoms with Gasteiger partial charge < -0.3 is 9.67 Å². The third-order valence-corrected chi connectivity index (χ3v) is 2.34. The lowest BCUT2D eigenvalue weighted by molar-refractivity contribution is -0.137. The van der Waals surface area contributed by atoms with Gasteiger partial charge in [0.2, 0.25) is 0 Å². The standard InChI is InChI=1S/C11H17NO2/c1-3-4-10-6-5-9(2)12(10)8-7-11(13)14/h5-6H,3-4,7-8H2,1-2H3,(H,13,14). The molecule has 1 heterocycles. The van der Waals surface area contributed by atoms with Crippen molar-refractivity contribution in [1.82, 2.24) is 4.57 Å². The molecule has 1 N–H and O–H groups in total. The fourth-order valence-electron chi connectivity index (χ4n) is 1.63. The summed E-state index contributed by atoms with van der Waals surface area (Å²) in [6, 6.07) is 4.13. The maximum Gasteiger partial charge on any atom is 0.305 e. The Bertz CT molecular complexity index is 315. The Labute approximate surface area is 84.4 Å². The van der Waals surface area contributed by atoms with E-state index in [0.717, 1.165) is 18.5 Å². The van der Waals surface area contributed by atoms with Gasteiger partial charge in [-0.05, 0) is 25.5 Å². The average Bonchev–Trinajstić information content (AvgIpc) is 2.45. The number of aliphatic carboxylic acids is 1. The van der Waals surface area contributed by atoms with Gasteiger partial charge in [0, 0.05) is 17.9 Å². The highest BCUT2D eigenvalue weighted by atomic mass is 16.4. The zero-order valence-corrected chi connectivity index (χ0v) is 8.79. The Hall–Kier alpha value is -1.25. The fourth-order valence-corrected chi connectivity index (χ4v) is 1.63. The molecule has 1 aromatic heterocycles. The molecule has 0 spiro atoms. The van der Waals surface area contributed by atoms with Crippen molar-refractivity contribution >= 4 is 5.97 Å². The molecule has 0 radical (unpaired) electrons. The first kappa shape index (κ1) is 10.8. The Morgan fingerprint density at radius 3 is 2.79 bits per heavy atom. The van der Waals surface area contributed by atoms with Gasteiger partial charge in [-0.3, -0.25) is 4.79 Å². The van der Waals surface area contributed by atoms with Crippen LogP contribution in [-0.2, 0) is 17.8 Å². The maximum atomic E-state index is 10.5. The van der Waals surface area contributed by atoms with Crippen molar-refractivity contribution in [2.75, 3.05) is 0 Å². The molecule has 0 atom stereocenters. The predicted octanol–water partition coefficient (Wildman–Crippen LogP) is 2.22. The summed E-state index contributed by atoms with van der Waals surface area (Å²) in [7, 11) is 0. The number of carboxylic acid groups (broad SMARTS) is 1. The highest BCUT2D eigenvalue weighted by Gasteiger charge is 2.05. The Balaban J connectivity index is 2.71. The van der Waals surface area contributed by atoms with Crippen LogP contribution in [0.25, 0.3) is 0 Å². The molecule has 0 amide bonds. The normalized spacial score (nSPS) is 10.4. The quantitative estimate of drug-likeness (QED) is 0.782. The van der Waals surface area contributed by atoms with E-state index in [0.29, 0.717) is 6.54 Å². The van der Waals surface area contributed by atoms with E-state index < -0.39 is 5.97 Å². The highest BCUT2D eigenvalue weighted by molar-refractivity contribution is 5.66. The molecule has 3 heteroatoms. The molecule has 1 rings (SSSR count). The number of aromatic nitrogens is 1. The Morgan fingerprint density at radius 2 is 2.21 bits per heavy atom. The van der Waals surface area contributed by atoms with Crippen LogP contribution in [0.15, 0.2) is 12.1 Å². The average molecular weight is 195 g/mol. The van der Waals surface area contributed by atoms with Crippen LogP contribution < -0.4 is 0 Å². The molecule has 1 aromatic rings. The molecule has 0 aliphatic rings. The van der Waals surface area contributed by atoms with E-state index in [2.05, 4.69) is 17.6 Å². The second kappa shape index (κ2) is 4.84. The second-order valence-corrected chi connectivity index (χ2v) is 3.51. The number of carboxylic acids is 1. The molecule has 0 fully saturated rings. The van der Waals surface area contributed by atoms with Crippen molar-refractivity contribution in [3.8, 4) is 0 Å². The van der Waals surface area contributed by atoms with Crippen LogP contribution in [0.3, 0.4) is 0 Å². The number of hydrogen-bond donors (Lipinski definition) is 1. The van der Waals surface area contributed by atoms with Gasteiger partial charge in [-0.1, -0.05) is 13.3 Å². The highest BCUT2D eigenvalue weighted by Crippen LogP contribution is 2.11. The van der Waals surface area contributed by atoms with E-state index in [4.69, 9.17) is 5.11 Å². The summed E-state index contributed by atoms with van der Waals surface area (Å²) in [6.07, 6.45) is 2.32. The molecule has 0 aliphatic carbocycles. The van der Waals surface area contributed by atoms with E-state index in [9.17, 15) is 4.79 Å². The van der Waals surface area contributed by atoms with Gasteiger partial charge in [0.1, 0.15) is 0 Å². The van der Waals surface area contributed by atoms with Crippen LogP contribution in [0, 0.1) is 6.92 Å². The van der Waals surface area contributed by atoms with Crippen LogP contribution in [0.2, 0.25) is 0 Å². The lowest BCUT2D eigenvalue weighted by Crippen LogP contribution is -2.08. The number of carbonyl (C=O) groups is 1. The second-order valence-electron chi connectivity index (χ2n) is 3.51. The molecule has 0 saturated carbocycles. The first-order valence-electron chi connectivity index (χ1n) is 5.02. The van der Waals surface area contributed by atoms with Crippen LogP contribution in [0.5, 0.6) is 0 Å². The van der Waals surface area contributed by atoms with E-state index in [1.165, 1.54) is 5.69 Å². The van der Waals surface area contributed by atoms with Crippen molar-refractivity contribution in [3.63, 3.8) is 0 Å². The zero-order chi connectivity index (χ0) is 10.6. The van der Waals surface area contributed by atoms with E-state index >= 15 is 0 Å². The molecule has 0 aromatic carbocycles. The van der Waals surface area contributed by atoms with Gasteiger partial charge in [0.15, 0.2) is 0 Å². The lowest BCUT2D eigenvalue weighted by atomic mass is 10.2. The number of aryl methyl sites for hydroxylation is 2. The third-order valence-electron chi connectivity index (χ3n) is 2.34. The summed E-state index contributed by atoms with van der Waals surface area (Å²) >= 11 is 0. The van der Waals surface area contributed by atoms with Crippen LogP contribution >= 0.6 is 0 Å². The fraction of sp³-hybridized carbons (Fsp3) is 0.545. The molecule has 78 valence electrons. The van der Waals surface area contributed by atoms with Gasteiger partial charge in [0.05, 0.1) is 6.42 Å². The molecule has 0 unspecified atom stereocenters. The van der Waals surface area contributed by atoms with Gasteiger partial charge in [-0.15, -0.1) is 0 Å². The summed E-state index contributed by atoms with van der Waals surface area (Å²) < 4.78 is 2.09. The number of rotatable bonds is 5. The van der Waals surface area contributed by atoms with Gasteiger partial charge in [0.25, 0.3) is 0 Å². The monoisotopic (exact) mass is 195 g/mol. The SMILES string of the molecule is CCCc1ccc(C)n1CCC(=O)O. The van der Waals surface area contributed by atoms with Gasteiger partial charge >= 0.3 is 5.97 Å². The predicted molar refractivity (Wildman–Crippen MR) is 55.4 cm³/mol. The zero-order valence-electron chi connectivity index (χ0n) is 8.79. The molecular weight excluding hydrogens is 178 g/mol. The number of nitrogens with zero attached hydrogens (tertiary/aromatic N) is 1. The van der Waals surface area contributed by atoms with Crippen molar-refractivity contribution in [2.45, 2.75) is 39.7 Å². The molecule has 14 heavy (non-hydrogen) atoms. The topological polar surface area (TPSA) is 42.2 Å². The minimum Gasteiger partial charge on any atom is -0.481 e. The summed E-state index contributed by atoms with van der Waals surface area (Å²) in [6.45, 7) is 4.73. The minimum atomic E-state index is -0.736. The van der Waals surface area contributed by atoms with Gasteiger partial charge in [-0.25, -0.2) is 0 Å². The van der Waals surface area contributed by atoms with Gasteiger partial charge in [-0.2, -0.15) is 0 Å². The van der Waals surface area contributed by atoms with Crippen molar-refractivity contribution in [2.24, 2.45) is 0 Å². The molecule has 3 nitrogen and oxygen atoms in total. The summed E-state index contributed by atoms with van der Waals surface area (Å²) in [4.78, 5) is 10.5. The first-order chi connectivity index (χ1) is 6.65. The van der Waals surface area contributed by atoms with Crippen molar-refractivity contribution in [3.05, 3.63) is 23.5 Å². The summed E-state index contributed by atoms with van der Waals surface area (Å²) in [5, 5.41) is 8.61. The summed E-state index contributed by atoms with van der Waals surface area (Å²) in [5.74, 6) is -0.736. The van der Waals surface area contributed by atoms with E-state index in [1.807, 2.05) is 13.0 Å². The van der Waals surface area contributed by atoms with Crippen molar-refractivity contribution < 1.29 is 9.90 Å². The summed E-state index contributed by atoms with van der Waals surface area (Å²) in [5.41, 5.74) is 2.39. The molecule has 0 saturated heterocycles. The lowest BCUT2D eigenvalue weighted by Gasteiger charge is -2.09. The first-order valence-corrected chi connectivity index (χ1v) is 5.02. The third kappa shape index (κ3) is 2.62. The maximum absolute atomic E-state index is 10.5. The largest absolute Gasteiger partial charge is 0.481 e. The molecular formula is C11H17NO2. The minimum absolute atomic E-state index is 0.201. The van der Waals surface area contributed by atoms with Crippen LogP contribution in [-0.4, -0.2) is 15.6 Å². The Kier molecular flexibility index (Phi) is 3.74.